The highest BCUT2D eigenvalue weighted by Gasteiger charge is 2.06. The molecule has 2 nitrogen and oxygen atoms in total. The molecule has 74 valence electrons. The van der Waals surface area contributed by atoms with Crippen molar-refractivity contribution in [2.24, 2.45) is 0 Å². The molecule has 3 rings (SSSR count). The lowest BCUT2D eigenvalue weighted by molar-refractivity contribution is 0.563. The molecule has 0 aliphatic heterocycles. The van der Waals surface area contributed by atoms with Crippen molar-refractivity contribution in [1.29, 1.82) is 0 Å². The normalized spacial score (nSPS) is 11.3. The summed E-state index contributed by atoms with van der Waals surface area (Å²) in [7, 11) is 0. The van der Waals surface area contributed by atoms with Crippen molar-refractivity contribution in [2.45, 2.75) is 6.92 Å². The second kappa shape index (κ2) is 2.94. The minimum absolute atomic E-state index is 0.277. The molecule has 2 heterocycles. The van der Waals surface area contributed by atoms with Crippen LogP contribution in [0, 0.1) is 6.92 Å². The predicted molar refractivity (Wildman–Crippen MR) is 62.6 cm³/mol. The molecule has 0 bridgehead atoms. The van der Waals surface area contributed by atoms with Crippen molar-refractivity contribution in [2.75, 3.05) is 0 Å². The van der Waals surface area contributed by atoms with Crippen molar-refractivity contribution in [3.63, 3.8) is 0 Å². The highest BCUT2D eigenvalue weighted by Crippen LogP contribution is 2.29. The van der Waals surface area contributed by atoms with Crippen LogP contribution in [0.2, 0.25) is 0 Å². The van der Waals surface area contributed by atoms with Crippen LogP contribution >= 0.6 is 11.3 Å². The van der Waals surface area contributed by atoms with E-state index in [1.54, 1.807) is 11.3 Å². The first-order valence-corrected chi connectivity index (χ1v) is 5.54. The lowest BCUT2D eigenvalue weighted by atomic mass is 10.1. The Morgan fingerprint density at radius 2 is 2.13 bits per heavy atom. The minimum Gasteiger partial charge on any atom is -0.421 e. The van der Waals surface area contributed by atoms with E-state index in [0.717, 1.165) is 21.0 Å². The summed E-state index contributed by atoms with van der Waals surface area (Å²) in [5.41, 5.74) is 1.41. The lowest BCUT2D eigenvalue weighted by Crippen LogP contribution is -1.97. The van der Waals surface area contributed by atoms with Gasteiger partial charge in [0.05, 0.1) is 4.70 Å². The van der Waals surface area contributed by atoms with E-state index in [1.807, 2.05) is 24.4 Å². The fourth-order valence-electron chi connectivity index (χ4n) is 1.80. The van der Waals surface area contributed by atoms with Gasteiger partial charge in [0.25, 0.3) is 0 Å². The van der Waals surface area contributed by atoms with Crippen LogP contribution in [0.4, 0.5) is 0 Å². The zero-order chi connectivity index (χ0) is 10.4. The molecular formula is C12H8O2S. The van der Waals surface area contributed by atoms with Crippen LogP contribution in [0.5, 0.6) is 0 Å². The highest BCUT2D eigenvalue weighted by atomic mass is 32.1. The average molecular weight is 216 g/mol. The summed E-state index contributed by atoms with van der Waals surface area (Å²) in [6.07, 6.45) is 0. The summed E-state index contributed by atoms with van der Waals surface area (Å²) < 4.78 is 6.32. The largest absolute Gasteiger partial charge is 0.421 e. The van der Waals surface area contributed by atoms with E-state index in [0.29, 0.717) is 5.58 Å². The molecule has 0 aliphatic carbocycles. The van der Waals surface area contributed by atoms with E-state index in [-0.39, 0.29) is 5.63 Å². The Bertz CT molecular complexity index is 706. The molecule has 0 N–H and O–H groups in total. The van der Waals surface area contributed by atoms with Gasteiger partial charge in [-0.1, -0.05) is 12.1 Å². The van der Waals surface area contributed by atoms with Crippen LogP contribution in [0.1, 0.15) is 5.56 Å². The van der Waals surface area contributed by atoms with Gasteiger partial charge in [-0.25, -0.2) is 4.79 Å². The molecule has 0 saturated heterocycles. The van der Waals surface area contributed by atoms with E-state index in [4.69, 9.17) is 4.42 Å². The van der Waals surface area contributed by atoms with Gasteiger partial charge in [-0.3, -0.25) is 0 Å². The van der Waals surface area contributed by atoms with Crippen LogP contribution in [-0.4, -0.2) is 0 Å². The summed E-state index contributed by atoms with van der Waals surface area (Å²) in [5, 5.41) is 4.15. The summed E-state index contributed by atoms with van der Waals surface area (Å²) in [6, 6.07) is 7.62. The molecule has 2 aromatic heterocycles. The Hall–Kier alpha value is -1.61. The number of rotatable bonds is 0. The third kappa shape index (κ3) is 1.20. The molecule has 0 saturated carbocycles. The van der Waals surface area contributed by atoms with E-state index >= 15 is 0 Å². The number of hydrogen-bond donors (Lipinski definition) is 0. The third-order valence-corrected chi connectivity index (χ3v) is 3.47. The topological polar surface area (TPSA) is 30.2 Å². The van der Waals surface area contributed by atoms with Gasteiger partial charge in [0.1, 0.15) is 0 Å². The molecule has 0 radical (unpaired) electrons. The van der Waals surface area contributed by atoms with Crippen LogP contribution < -0.4 is 5.63 Å². The zero-order valence-electron chi connectivity index (χ0n) is 8.11. The molecule has 1 aromatic carbocycles. The molecule has 0 spiro atoms. The molecule has 0 aliphatic rings. The molecular weight excluding hydrogens is 208 g/mol. The van der Waals surface area contributed by atoms with Gasteiger partial charge in [-0.2, -0.15) is 0 Å². The van der Waals surface area contributed by atoms with Crippen LogP contribution in [0.3, 0.4) is 0 Å². The fourth-order valence-corrected chi connectivity index (χ4v) is 2.68. The van der Waals surface area contributed by atoms with Crippen molar-refractivity contribution in [1.82, 2.24) is 0 Å². The quantitative estimate of drug-likeness (QED) is 0.539. The molecule has 0 fully saturated rings. The van der Waals surface area contributed by atoms with Gasteiger partial charge in [-0.05, 0) is 29.3 Å². The smallest absolute Gasteiger partial charge is 0.336 e. The molecule has 0 unspecified atom stereocenters. The van der Waals surface area contributed by atoms with E-state index in [9.17, 15) is 4.79 Å². The fraction of sp³-hybridized carbons (Fsp3) is 0.0833. The van der Waals surface area contributed by atoms with Crippen LogP contribution in [-0.2, 0) is 0 Å². The summed E-state index contributed by atoms with van der Waals surface area (Å²) in [4.78, 5) is 11.3. The third-order valence-electron chi connectivity index (χ3n) is 2.54. The van der Waals surface area contributed by atoms with Gasteiger partial charge in [-0.15, -0.1) is 11.3 Å². The summed E-state index contributed by atoms with van der Waals surface area (Å²) >= 11 is 1.60. The van der Waals surface area contributed by atoms with Gasteiger partial charge in [0.15, 0.2) is 5.58 Å². The second-order valence-electron chi connectivity index (χ2n) is 3.53. The van der Waals surface area contributed by atoms with Gasteiger partial charge < -0.3 is 4.42 Å². The lowest BCUT2D eigenvalue weighted by Gasteiger charge is -2.00. The number of thiophene rings is 1. The molecule has 3 aromatic rings. The average Bonchev–Trinajstić information content (AvgIpc) is 2.65. The Morgan fingerprint density at radius 3 is 3.00 bits per heavy atom. The number of aryl methyl sites for hydroxylation is 1. The van der Waals surface area contributed by atoms with Crippen LogP contribution in [0.25, 0.3) is 21.1 Å². The monoisotopic (exact) mass is 216 g/mol. The van der Waals surface area contributed by atoms with Crippen molar-refractivity contribution < 1.29 is 4.42 Å². The van der Waals surface area contributed by atoms with Gasteiger partial charge in [0.2, 0.25) is 0 Å². The first-order valence-electron chi connectivity index (χ1n) is 4.66. The predicted octanol–water partition coefficient (Wildman–Crippen LogP) is 3.32. The van der Waals surface area contributed by atoms with Crippen molar-refractivity contribution in [3.05, 3.63) is 45.6 Å². The highest BCUT2D eigenvalue weighted by molar-refractivity contribution is 7.18. The standard InChI is InChI=1S/C12H8O2S/c1-7-6-10(13)14-11-9(7)3-2-8-4-5-15-12(8)11/h2-6H,1H3. The first-order chi connectivity index (χ1) is 7.25. The number of fused-ring (bicyclic) bond motifs is 3. The van der Waals surface area contributed by atoms with E-state index < -0.39 is 0 Å². The molecule has 0 atom stereocenters. The summed E-state index contributed by atoms with van der Waals surface area (Å²) in [6.45, 7) is 1.93. The maximum atomic E-state index is 11.3. The Morgan fingerprint density at radius 1 is 1.27 bits per heavy atom. The van der Waals surface area contributed by atoms with Crippen LogP contribution in [0.15, 0.2) is 38.9 Å². The molecule has 0 amide bonds. The maximum Gasteiger partial charge on any atom is 0.336 e. The Labute approximate surface area is 89.8 Å². The van der Waals surface area contributed by atoms with Gasteiger partial charge in [0, 0.05) is 11.5 Å². The Balaban J connectivity index is 2.67. The van der Waals surface area contributed by atoms with Gasteiger partial charge >= 0.3 is 5.63 Å². The maximum absolute atomic E-state index is 11.3. The van der Waals surface area contributed by atoms with E-state index in [2.05, 4.69) is 6.07 Å². The second-order valence-corrected chi connectivity index (χ2v) is 4.45. The van der Waals surface area contributed by atoms with Crippen molar-refractivity contribution in [3.8, 4) is 0 Å². The number of benzene rings is 1. The van der Waals surface area contributed by atoms with E-state index in [1.165, 1.54) is 6.07 Å². The molecule has 3 heteroatoms. The minimum atomic E-state index is -0.277. The number of hydrogen-bond acceptors (Lipinski definition) is 3. The SMILES string of the molecule is Cc1cc(=O)oc2c1ccc1ccsc12. The first kappa shape index (κ1) is 8.68. The van der Waals surface area contributed by atoms with Crippen molar-refractivity contribution >= 4 is 32.4 Å². The zero-order valence-corrected chi connectivity index (χ0v) is 8.93. The summed E-state index contributed by atoms with van der Waals surface area (Å²) in [5.74, 6) is 0. The Kier molecular flexibility index (Phi) is 1.70. The molecule has 15 heavy (non-hydrogen) atoms.